The second kappa shape index (κ2) is 5.17. The van der Waals surface area contributed by atoms with Crippen molar-refractivity contribution in [3.63, 3.8) is 0 Å². The molecule has 16 heavy (non-hydrogen) atoms. The summed E-state index contributed by atoms with van der Waals surface area (Å²) < 4.78 is 4.85. The highest BCUT2D eigenvalue weighted by molar-refractivity contribution is 5.75. The van der Waals surface area contributed by atoms with E-state index >= 15 is 0 Å². The molecule has 92 valence electrons. The molecular formula is C13H23NO2. The minimum atomic E-state index is -0.0788. The van der Waals surface area contributed by atoms with Gasteiger partial charge in [-0.1, -0.05) is 12.8 Å². The van der Waals surface area contributed by atoms with Gasteiger partial charge < -0.3 is 4.74 Å². The van der Waals surface area contributed by atoms with E-state index in [2.05, 4.69) is 4.90 Å². The van der Waals surface area contributed by atoms with Crippen LogP contribution in [0.25, 0.3) is 0 Å². The van der Waals surface area contributed by atoms with Crippen molar-refractivity contribution in [3.05, 3.63) is 0 Å². The number of carbonyl (C=O) groups excluding carboxylic acids is 1. The van der Waals surface area contributed by atoms with E-state index in [-0.39, 0.29) is 12.0 Å². The highest BCUT2D eigenvalue weighted by atomic mass is 16.5. The van der Waals surface area contributed by atoms with Gasteiger partial charge in [-0.3, -0.25) is 9.69 Å². The van der Waals surface area contributed by atoms with Crippen LogP contribution in [0.2, 0.25) is 0 Å². The molecule has 0 aromatic rings. The van der Waals surface area contributed by atoms with Gasteiger partial charge in [-0.15, -0.1) is 0 Å². The first kappa shape index (κ1) is 11.9. The maximum atomic E-state index is 11.6. The molecule has 2 rings (SSSR count). The van der Waals surface area contributed by atoms with Crippen LogP contribution in [0.5, 0.6) is 0 Å². The predicted octanol–water partition coefficient (Wildman–Crippen LogP) is 2.20. The van der Waals surface area contributed by atoms with E-state index in [1.165, 1.54) is 45.6 Å². The van der Waals surface area contributed by atoms with E-state index in [0.29, 0.717) is 6.04 Å². The van der Waals surface area contributed by atoms with Crippen LogP contribution in [-0.2, 0) is 9.53 Å². The first-order valence-corrected chi connectivity index (χ1v) is 6.57. The summed E-state index contributed by atoms with van der Waals surface area (Å²) in [5, 5.41) is 0. The number of esters is 1. The third kappa shape index (κ3) is 2.24. The molecule has 2 fully saturated rings. The number of likely N-dealkylation sites (tertiary alicyclic amines) is 1. The van der Waals surface area contributed by atoms with Gasteiger partial charge in [0.1, 0.15) is 6.04 Å². The molecule has 1 saturated carbocycles. The third-order valence-electron chi connectivity index (χ3n) is 4.33. The summed E-state index contributed by atoms with van der Waals surface area (Å²) in [5.41, 5.74) is 0. The van der Waals surface area contributed by atoms with Gasteiger partial charge in [0, 0.05) is 6.04 Å². The Balaban J connectivity index is 1.99. The van der Waals surface area contributed by atoms with Crippen LogP contribution < -0.4 is 0 Å². The zero-order chi connectivity index (χ0) is 11.5. The molecule has 0 amide bonds. The number of hydrogen-bond donors (Lipinski definition) is 0. The van der Waals surface area contributed by atoms with Gasteiger partial charge in [-0.25, -0.2) is 0 Å². The molecule has 0 N–H and O–H groups in total. The van der Waals surface area contributed by atoms with Gasteiger partial charge in [-0.05, 0) is 45.1 Å². The molecule has 2 atom stereocenters. The average Bonchev–Trinajstić information content (AvgIpc) is 2.95. The van der Waals surface area contributed by atoms with Crippen LogP contribution in [-0.4, -0.2) is 36.6 Å². The van der Waals surface area contributed by atoms with Crippen LogP contribution in [0.1, 0.15) is 45.4 Å². The lowest BCUT2D eigenvalue weighted by molar-refractivity contribution is -0.147. The number of carbonyl (C=O) groups is 1. The van der Waals surface area contributed by atoms with Gasteiger partial charge >= 0.3 is 5.97 Å². The monoisotopic (exact) mass is 225 g/mol. The Kier molecular flexibility index (Phi) is 3.85. The van der Waals surface area contributed by atoms with Crippen molar-refractivity contribution in [1.82, 2.24) is 4.90 Å². The van der Waals surface area contributed by atoms with Crippen molar-refractivity contribution >= 4 is 5.97 Å². The summed E-state index contributed by atoms with van der Waals surface area (Å²) in [4.78, 5) is 14.0. The Morgan fingerprint density at radius 1 is 1.25 bits per heavy atom. The molecule has 0 aromatic heterocycles. The summed E-state index contributed by atoms with van der Waals surface area (Å²) in [7, 11) is 1.49. The Morgan fingerprint density at radius 3 is 2.56 bits per heavy atom. The fraction of sp³-hybridized carbons (Fsp3) is 0.923. The number of methoxy groups -OCH3 is 1. The van der Waals surface area contributed by atoms with Crippen LogP contribution >= 0.6 is 0 Å². The van der Waals surface area contributed by atoms with Crippen molar-refractivity contribution in [2.75, 3.05) is 13.7 Å². The molecule has 0 spiro atoms. The van der Waals surface area contributed by atoms with E-state index in [1.807, 2.05) is 6.92 Å². The van der Waals surface area contributed by atoms with Gasteiger partial charge in [0.05, 0.1) is 7.11 Å². The fourth-order valence-corrected chi connectivity index (χ4v) is 3.45. The van der Waals surface area contributed by atoms with Crippen LogP contribution in [0.15, 0.2) is 0 Å². The molecule has 2 unspecified atom stereocenters. The normalized spacial score (nSPS) is 29.5. The number of ether oxygens (including phenoxy) is 1. The first-order chi connectivity index (χ1) is 7.74. The SMILES string of the molecule is COC(=O)C(C)N1CCCC1C1CCCC1. The summed E-state index contributed by atoms with van der Waals surface area (Å²) in [6.45, 7) is 3.05. The summed E-state index contributed by atoms with van der Waals surface area (Å²) >= 11 is 0. The highest BCUT2D eigenvalue weighted by Crippen LogP contribution is 2.36. The molecule has 0 aromatic carbocycles. The maximum absolute atomic E-state index is 11.6. The number of nitrogens with zero attached hydrogens (tertiary/aromatic N) is 1. The zero-order valence-electron chi connectivity index (χ0n) is 10.4. The molecule has 1 heterocycles. The Labute approximate surface area is 98.1 Å². The lowest BCUT2D eigenvalue weighted by atomic mass is 9.95. The molecule has 1 aliphatic carbocycles. The lowest BCUT2D eigenvalue weighted by Gasteiger charge is -2.32. The van der Waals surface area contributed by atoms with Crippen molar-refractivity contribution in [1.29, 1.82) is 0 Å². The predicted molar refractivity (Wildman–Crippen MR) is 63.2 cm³/mol. The van der Waals surface area contributed by atoms with E-state index in [4.69, 9.17) is 4.74 Å². The largest absolute Gasteiger partial charge is 0.468 e. The molecular weight excluding hydrogens is 202 g/mol. The number of hydrogen-bond acceptors (Lipinski definition) is 3. The quantitative estimate of drug-likeness (QED) is 0.690. The first-order valence-electron chi connectivity index (χ1n) is 6.57. The van der Waals surface area contributed by atoms with E-state index < -0.39 is 0 Å². The lowest BCUT2D eigenvalue weighted by Crippen LogP contribution is -2.45. The second-order valence-electron chi connectivity index (χ2n) is 5.19. The molecule has 0 radical (unpaired) electrons. The van der Waals surface area contributed by atoms with Crippen LogP contribution in [0, 0.1) is 5.92 Å². The van der Waals surface area contributed by atoms with Gasteiger partial charge in [-0.2, -0.15) is 0 Å². The molecule has 0 bridgehead atoms. The Hall–Kier alpha value is -0.570. The molecule has 1 saturated heterocycles. The second-order valence-corrected chi connectivity index (χ2v) is 5.19. The number of rotatable bonds is 3. The van der Waals surface area contributed by atoms with Gasteiger partial charge in [0.15, 0.2) is 0 Å². The Bertz CT molecular complexity index is 248. The van der Waals surface area contributed by atoms with Crippen LogP contribution in [0.3, 0.4) is 0 Å². The highest BCUT2D eigenvalue weighted by Gasteiger charge is 2.37. The Morgan fingerprint density at radius 2 is 1.94 bits per heavy atom. The fourth-order valence-electron chi connectivity index (χ4n) is 3.45. The molecule has 3 nitrogen and oxygen atoms in total. The maximum Gasteiger partial charge on any atom is 0.322 e. The minimum absolute atomic E-state index is 0.0573. The zero-order valence-corrected chi connectivity index (χ0v) is 10.4. The van der Waals surface area contributed by atoms with E-state index in [9.17, 15) is 4.79 Å². The van der Waals surface area contributed by atoms with Crippen LogP contribution in [0.4, 0.5) is 0 Å². The molecule has 3 heteroatoms. The van der Waals surface area contributed by atoms with Crippen molar-refractivity contribution in [2.45, 2.75) is 57.5 Å². The van der Waals surface area contributed by atoms with E-state index in [1.54, 1.807) is 0 Å². The smallest absolute Gasteiger partial charge is 0.322 e. The average molecular weight is 225 g/mol. The third-order valence-corrected chi connectivity index (χ3v) is 4.33. The van der Waals surface area contributed by atoms with Crippen molar-refractivity contribution in [2.24, 2.45) is 5.92 Å². The topological polar surface area (TPSA) is 29.5 Å². The van der Waals surface area contributed by atoms with Crippen molar-refractivity contribution < 1.29 is 9.53 Å². The standard InChI is InChI=1S/C13H23NO2/c1-10(13(15)16-2)14-9-5-8-12(14)11-6-3-4-7-11/h10-12H,3-9H2,1-2H3. The summed E-state index contributed by atoms with van der Waals surface area (Å²) in [6.07, 6.45) is 7.97. The molecule has 2 aliphatic rings. The van der Waals surface area contributed by atoms with Crippen molar-refractivity contribution in [3.8, 4) is 0 Å². The van der Waals surface area contributed by atoms with Gasteiger partial charge in [0.2, 0.25) is 0 Å². The summed E-state index contributed by atoms with van der Waals surface area (Å²) in [6, 6.07) is 0.578. The van der Waals surface area contributed by atoms with Gasteiger partial charge in [0.25, 0.3) is 0 Å². The minimum Gasteiger partial charge on any atom is -0.468 e. The van der Waals surface area contributed by atoms with E-state index in [0.717, 1.165) is 12.5 Å². The summed E-state index contributed by atoms with van der Waals surface area (Å²) in [5.74, 6) is 0.750. The molecule has 1 aliphatic heterocycles.